The predicted molar refractivity (Wildman–Crippen MR) is 125 cm³/mol. The Morgan fingerprint density at radius 3 is 2.46 bits per heavy atom. The molecule has 0 aliphatic heterocycles. The molecule has 0 fully saturated rings. The van der Waals surface area contributed by atoms with Gasteiger partial charge in [0.2, 0.25) is 0 Å². The third-order valence-corrected chi connectivity index (χ3v) is 6.19. The van der Waals surface area contributed by atoms with Gasteiger partial charge in [0.25, 0.3) is 0 Å². The number of aliphatic imine (C=N–C) groups is 1. The molecule has 28 heavy (non-hydrogen) atoms. The van der Waals surface area contributed by atoms with E-state index in [1.165, 1.54) is 18.2 Å². The number of sulfone groups is 1. The van der Waals surface area contributed by atoms with Gasteiger partial charge in [-0.2, -0.15) is 0 Å². The van der Waals surface area contributed by atoms with Gasteiger partial charge >= 0.3 is 0 Å². The van der Waals surface area contributed by atoms with Crippen molar-refractivity contribution in [1.82, 2.24) is 15.5 Å². The second-order valence-electron chi connectivity index (χ2n) is 6.46. The first kappa shape index (κ1) is 27.1. The summed E-state index contributed by atoms with van der Waals surface area (Å²) in [4.78, 5) is 6.25. The van der Waals surface area contributed by atoms with Gasteiger partial charge in [0, 0.05) is 19.6 Å². The Morgan fingerprint density at radius 2 is 1.89 bits per heavy atom. The molecule has 0 aromatic heterocycles. The van der Waals surface area contributed by atoms with Gasteiger partial charge in [-0.3, -0.25) is 4.99 Å². The zero-order valence-corrected chi connectivity index (χ0v) is 20.4. The Balaban J connectivity index is 0.00000729. The molecule has 0 heterocycles. The van der Waals surface area contributed by atoms with Crippen LogP contribution in [0, 0.1) is 5.82 Å². The number of nitrogens with one attached hydrogen (secondary N) is 2. The number of guanidine groups is 1. The Kier molecular flexibility index (Phi) is 13.6. The Labute approximate surface area is 186 Å². The van der Waals surface area contributed by atoms with E-state index in [9.17, 15) is 12.8 Å². The van der Waals surface area contributed by atoms with Gasteiger partial charge in [-0.25, -0.2) is 12.8 Å². The molecule has 162 valence electrons. The monoisotopic (exact) mass is 528 g/mol. The van der Waals surface area contributed by atoms with Crippen LogP contribution in [0.5, 0.6) is 0 Å². The Morgan fingerprint density at radius 1 is 1.25 bits per heavy atom. The van der Waals surface area contributed by atoms with Crippen molar-refractivity contribution in [3.63, 3.8) is 0 Å². The van der Waals surface area contributed by atoms with E-state index in [4.69, 9.17) is 0 Å². The lowest BCUT2D eigenvalue weighted by molar-refractivity contribution is 0.292. The normalized spacial score (nSPS) is 13.1. The molecule has 1 atom stereocenters. The number of hydrogen-bond acceptors (Lipinski definition) is 4. The zero-order chi connectivity index (χ0) is 20.3. The quantitative estimate of drug-likeness (QED) is 0.263. The minimum absolute atomic E-state index is 0. The summed E-state index contributed by atoms with van der Waals surface area (Å²) in [5, 5.41) is 6.26. The summed E-state index contributed by atoms with van der Waals surface area (Å²) >= 11 is 0. The van der Waals surface area contributed by atoms with E-state index in [0.29, 0.717) is 5.96 Å². The van der Waals surface area contributed by atoms with Crippen LogP contribution in [0.3, 0.4) is 0 Å². The molecule has 0 spiro atoms. The predicted octanol–water partition coefficient (Wildman–Crippen LogP) is 2.89. The lowest BCUT2D eigenvalue weighted by atomic mass is 10.2. The number of hydrogen-bond donors (Lipinski definition) is 2. The van der Waals surface area contributed by atoms with E-state index in [-0.39, 0.29) is 47.2 Å². The third-order valence-electron chi connectivity index (χ3n) is 4.45. The van der Waals surface area contributed by atoms with E-state index in [1.54, 1.807) is 7.05 Å². The second-order valence-corrected chi connectivity index (χ2v) is 8.54. The van der Waals surface area contributed by atoms with Gasteiger partial charge < -0.3 is 15.5 Å². The fourth-order valence-electron chi connectivity index (χ4n) is 2.77. The highest BCUT2D eigenvalue weighted by Gasteiger charge is 2.18. The first-order chi connectivity index (χ1) is 12.8. The Hall–Kier alpha value is -0.940. The highest BCUT2D eigenvalue weighted by molar-refractivity contribution is 14.0. The summed E-state index contributed by atoms with van der Waals surface area (Å²) in [6.07, 6.45) is 2.07. The molecule has 1 aromatic carbocycles. The third kappa shape index (κ3) is 9.51. The number of rotatable bonds is 11. The number of benzene rings is 1. The van der Waals surface area contributed by atoms with E-state index in [0.717, 1.165) is 38.5 Å². The first-order valence-corrected chi connectivity index (χ1v) is 11.2. The van der Waals surface area contributed by atoms with Gasteiger partial charge in [-0.1, -0.05) is 26.0 Å². The van der Waals surface area contributed by atoms with Gasteiger partial charge in [0.05, 0.1) is 5.75 Å². The second kappa shape index (κ2) is 14.1. The maximum Gasteiger partial charge on any atom is 0.191 e. The average Bonchev–Trinajstić information content (AvgIpc) is 2.64. The van der Waals surface area contributed by atoms with Gasteiger partial charge in [0.1, 0.15) is 10.7 Å². The van der Waals surface area contributed by atoms with Crippen LogP contribution in [-0.2, 0) is 9.84 Å². The summed E-state index contributed by atoms with van der Waals surface area (Å²) < 4.78 is 38.2. The molecule has 0 radical (unpaired) electrons. The van der Waals surface area contributed by atoms with Crippen LogP contribution in [0.1, 0.15) is 33.6 Å². The summed E-state index contributed by atoms with van der Waals surface area (Å²) in [6.45, 7) is 9.72. The van der Waals surface area contributed by atoms with E-state index < -0.39 is 15.7 Å². The Bertz CT molecular complexity index is 697. The molecule has 1 unspecified atom stereocenters. The minimum Gasteiger partial charge on any atom is -0.355 e. The van der Waals surface area contributed by atoms with Crippen molar-refractivity contribution in [2.45, 2.75) is 44.6 Å². The van der Waals surface area contributed by atoms with Crippen molar-refractivity contribution in [2.24, 2.45) is 4.99 Å². The highest BCUT2D eigenvalue weighted by Crippen LogP contribution is 2.14. The summed E-state index contributed by atoms with van der Waals surface area (Å²) in [6, 6.07) is 5.65. The maximum absolute atomic E-state index is 13.7. The summed E-state index contributed by atoms with van der Waals surface area (Å²) in [5.74, 6) is -0.374. The SMILES string of the molecule is CCN(CC)CCCC(C)NC(=NC)NCCS(=O)(=O)c1ccccc1F.I. The van der Waals surface area contributed by atoms with E-state index >= 15 is 0 Å². The van der Waals surface area contributed by atoms with E-state index in [1.807, 2.05) is 0 Å². The smallest absolute Gasteiger partial charge is 0.191 e. The number of nitrogens with zero attached hydrogens (tertiary/aromatic N) is 2. The molecular weight excluding hydrogens is 494 g/mol. The molecule has 9 heteroatoms. The molecule has 0 aliphatic rings. The fraction of sp³-hybridized carbons (Fsp3) is 0.632. The topological polar surface area (TPSA) is 73.8 Å². The van der Waals surface area contributed by atoms with Gasteiger partial charge in [-0.05, 0) is 51.5 Å². The largest absolute Gasteiger partial charge is 0.355 e. The van der Waals surface area contributed by atoms with Crippen LogP contribution < -0.4 is 10.6 Å². The highest BCUT2D eigenvalue weighted by atomic mass is 127. The fourth-order valence-corrected chi connectivity index (χ4v) is 4.01. The summed E-state index contributed by atoms with van der Waals surface area (Å²) in [5.41, 5.74) is 0. The van der Waals surface area contributed by atoms with Crippen LogP contribution in [0.4, 0.5) is 4.39 Å². The van der Waals surface area contributed by atoms with Crippen molar-refractivity contribution in [3.05, 3.63) is 30.1 Å². The standard InChI is InChI=1S/C19H33FN4O2S.HI/c1-5-24(6-2)14-9-10-16(3)23-19(21-4)22-13-15-27(25,26)18-12-8-7-11-17(18)20;/h7-8,11-12,16H,5-6,9-10,13-15H2,1-4H3,(H2,21,22,23);1H. The summed E-state index contributed by atoms with van der Waals surface area (Å²) in [7, 11) is -2.04. The zero-order valence-electron chi connectivity index (χ0n) is 17.2. The van der Waals surface area contributed by atoms with Crippen molar-refractivity contribution in [1.29, 1.82) is 0 Å². The molecule has 0 saturated heterocycles. The molecule has 1 rings (SSSR count). The molecule has 2 N–H and O–H groups in total. The van der Waals surface area contributed by atoms with Gasteiger partial charge in [-0.15, -0.1) is 24.0 Å². The molecule has 0 saturated carbocycles. The molecule has 0 bridgehead atoms. The average molecular weight is 528 g/mol. The van der Waals surface area contributed by atoms with Crippen molar-refractivity contribution in [3.8, 4) is 0 Å². The number of halogens is 2. The van der Waals surface area contributed by atoms with Crippen LogP contribution in [0.25, 0.3) is 0 Å². The molecule has 0 aliphatic carbocycles. The van der Waals surface area contributed by atoms with Crippen molar-refractivity contribution in [2.75, 3.05) is 39.0 Å². The van der Waals surface area contributed by atoms with Gasteiger partial charge in [0.15, 0.2) is 15.8 Å². The van der Waals surface area contributed by atoms with Crippen LogP contribution in [0.2, 0.25) is 0 Å². The minimum atomic E-state index is -3.68. The molecular formula is C19H34FIN4O2S. The molecule has 6 nitrogen and oxygen atoms in total. The lowest BCUT2D eigenvalue weighted by Crippen LogP contribution is -2.44. The maximum atomic E-state index is 13.7. The lowest BCUT2D eigenvalue weighted by Gasteiger charge is -2.21. The molecule has 1 aromatic rings. The first-order valence-electron chi connectivity index (χ1n) is 9.50. The van der Waals surface area contributed by atoms with Crippen molar-refractivity contribution >= 4 is 39.8 Å². The van der Waals surface area contributed by atoms with Crippen molar-refractivity contribution < 1.29 is 12.8 Å². The van der Waals surface area contributed by atoms with E-state index in [2.05, 4.69) is 41.3 Å². The van der Waals surface area contributed by atoms with Crippen LogP contribution in [-0.4, -0.2) is 64.3 Å². The molecule has 0 amide bonds. The van der Waals surface area contributed by atoms with Crippen LogP contribution in [0.15, 0.2) is 34.2 Å². The van der Waals surface area contributed by atoms with Crippen LogP contribution >= 0.6 is 24.0 Å².